The van der Waals surface area contributed by atoms with E-state index < -0.39 is 38.1 Å². The first-order valence-electron chi connectivity index (χ1n) is 10.4. The number of hydrogen-bond donors (Lipinski definition) is 5. The number of sulfonamides is 2. The third kappa shape index (κ3) is 7.28. The number of amides is 4. The zero-order valence-corrected chi connectivity index (χ0v) is 21.1. The summed E-state index contributed by atoms with van der Waals surface area (Å²) in [5.74, 6) is -1.42. The van der Waals surface area contributed by atoms with Crippen LogP contribution in [0.3, 0.4) is 0 Å². The Bertz CT molecular complexity index is 1460. The summed E-state index contributed by atoms with van der Waals surface area (Å²) in [7, 11) is -8.45. The molecule has 5 N–H and O–H groups in total. The quantitative estimate of drug-likeness (QED) is 0.299. The molecule has 12 nitrogen and oxygen atoms in total. The highest BCUT2D eigenvalue weighted by molar-refractivity contribution is 7.90. The van der Waals surface area contributed by atoms with E-state index in [9.17, 15) is 36.3 Å². The van der Waals surface area contributed by atoms with Gasteiger partial charge in [-0.1, -0.05) is 35.4 Å². The van der Waals surface area contributed by atoms with Crippen LogP contribution in [0.15, 0.2) is 76.5 Å². The molecule has 0 saturated carbocycles. The van der Waals surface area contributed by atoms with Gasteiger partial charge in [0.25, 0.3) is 20.0 Å². The summed E-state index contributed by atoms with van der Waals surface area (Å²) < 4.78 is 53.2. The average molecular weight is 547 g/mol. The highest BCUT2D eigenvalue weighted by atomic mass is 32.2. The maximum atomic E-state index is 12.4. The van der Waals surface area contributed by atoms with Crippen molar-refractivity contribution < 1.29 is 36.3 Å². The van der Waals surface area contributed by atoms with Crippen molar-refractivity contribution >= 4 is 49.5 Å². The van der Waals surface area contributed by atoms with Gasteiger partial charge in [-0.05, 0) is 56.3 Å². The van der Waals surface area contributed by atoms with E-state index in [0.717, 1.165) is 29.3 Å². The highest BCUT2D eigenvalue weighted by Crippen LogP contribution is 2.20. The Kier molecular flexibility index (Phi) is 7.84. The van der Waals surface area contributed by atoms with Crippen molar-refractivity contribution in [1.82, 2.24) is 9.44 Å². The molecule has 194 valence electrons. The maximum absolute atomic E-state index is 12.4. The minimum atomic E-state index is -4.23. The number of aromatic carboxylic acids is 1. The van der Waals surface area contributed by atoms with Gasteiger partial charge in [0, 0.05) is 11.4 Å². The summed E-state index contributed by atoms with van der Waals surface area (Å²) in [5, 5.41) is 13.7. The lowest BCUT2D eigenvalue weighted by Gasteiger charge is -2.13. The molecule has 0 atom stereocenters. The van der Waals surface area contributed by atoms with Crippen LogP contribution < -0.4 is 20.1 Å². The second-order valence-corrected chi connectivity index (χ2v) is 11.2. The van der Waals surface area contributed by atoms with Gasteiger partial charge in [-0.2, -0.15) is 0 Å². The maximum Gasteiger partial charge on any atom is 0.335 e. The lowest BCUT2D eigenvalue weighted by molar-refractivity contribution is 0.0696. The molecule has 0 aliphatic heterocycles. The molecule has 0 bridgehead atoms. The molecule has 0 aliphatic carbocycles. The predicted molar refractivity (Wildman–Crippen MR) is 134 cm³/mol. The van der Waals surface area contributed by atoms with E-state index >= 15 is 0 Å². The largest absolute Gasteiger partial charge is 0.478 e. The molecule has 3 aromatic rings. The Balaban J connectivity index is 1.76. The van der Waals surface area contributed by atoms with Gasteiger partial charge < -0.3 is 15.7 Å². The molecule has 0 saturated heterocycles. The Hall–Kier alpha value is -4.43. The summed E-state index contributed by atoms with van der Waals surface area (Å²) in [6.45, 7) is 3.52. The van der Waals surface area contributed by atoms with Crippen LogP contribution in [-0.4, -0.2) is 40.0 Å². The number of carboxylic acid groups (broad SMARTS) is 1. The van der Waals surface area contributed by atoms with Gasteiger partial charge in [0.05, 0.1) is 15.4 Å². The minimum absolute atomic E-state index is 0.165. The van der Waals surface area contributed by atoms with E-state index in [1.165, 1.54) is 24.3 Å². The number of aryl methyl sites for hydroxylation is 2. The van der Waals surface area contributed by atoms with Gasteiger partial charge in [-0.3, -0.25) is 0 Å². The van der Waals surface area contributed by atoms with Crippen molar-refractivity contribution in [2.75, 3.05) is 10.6 Å². The molecule has 0 spiro atoms. The number of rotatable bonds is 7. The molecular weight excluding hydrogens is 524 g/mol. The fraction of sp³-hybridized carbons (Fsp3) is 0.0870. The van der Waals surface area contributed by atoms with Crippen molar-refractivity contribution in [3.05, 3.63) is 83.4 Å². The summed E-state index contributed by atoms with van der Waals surface area (Å²) >= 11 is 0. The molecule has 0 radical (unpaired) electrons. The SMILES string of the molecule is Cc1ccc(S(=O)(=O)NC(=O)Nc2cc(NC(=O)NS(=O)(=O)c3ccc(C)cc3)cc(C(=O)O)c2)cc1. The van der Waals surface area contributed by atoms with Gasteiger partial charge in [0.15, 0.2) is 0 Å². The number of nitrogens with one attached hydrogen (secondary N) is 4. The van der Waals surface area contributed by atoms with Crippen molar-refractivity contribution in [3.8, 4) is 0 Å². The monoisotopic (exact) mass is 546 g/mol. The van der Waals surface area contributed by atoms with Gasteiger partial charge in [0.2, 0.25) is 0 Å². The van der Waals surface area contributed by atoms with Crippen LogP contribution in [0.25, 0.3) is 0 Å². The second kappa shape index (κ2) is 10.7. The molecule has 0 aromatic heterocycles. The number of carbonyl (C=O) groups is 3. The second-order valence-electron chi connectivity index (χ2n) is 7.85. The number of carbonyl (C=O) groups excluding carboxylic acids is 2. The summed E-state index contributed by atoms with van der Waals surface area (Å²) in [5.41, 5.74) is 0.867. The van der Waals surface area contributed by atoms with E-state index in [0.29, 0.717) is 0 Å². The van der Waals surface area contributed by atoms with E-state index in [1.807, 2.05) is 0 Å². The third-order valence-corrected chi connectivity index (χ3v) is 7.51. The van der Waals surface area contributed by atoms with E-state index in [2.05, 4.69) is 10.6 Å². The summed E-state index contributed by atoms with van der Waals surface area (Å²) in [6, 6.07) is 12.2. The molecular formula is C23H22N4O8S2. The lowest BCUT2D eigenvalue weighted by Crippen LogP contribution is -2.35. The molecule has 37 heavy (non-hydrogen) atoms. The summed E-state index contributed by atoms with van der Waals surface area (Å²) in [6.07, 6.45) is 0. The zero-order valence-electron chi connectivity index (χ0n) is 19.5. The Morgan fingerprint density at radius 1 is 0.622 bits per heavy atom. The fourth-order valence-corrected chi connectivity index (χ4v) is 4.82. The van der Waals surface area contributed by atoms with E-state index in [4.69, 9.17) is 0 Å². The van der Waals surface area contributed by atoms with Crippen molar-refractivity contribution in [3.63, 3.8) is 0 Å². The first kappa shape index (κ1) is 27.2. The van der Waals surface area contributed by atoms with Crippen LogP contribution in [0.2, 0.25) is 0 Å². The van der Waals surface area contributed by atoms with Gasteiger partial charge in [-0.25, -0.2) is 40.7 Å². The van der Waals surface area contributed by atoms with Crippen LogP contribution in [-0.2, 0) is 20.0 Å². The lowest BCUT2D eigenvalue weighted by atomic mass is 10.1. The Labute approximate surface area is 212 Å². The highest BCUT2D eigenvalue weighted by Gasteiger charge is 2.20. The van der Waals surface area contributed by atoms with Crippen LogP contribution in [0.4, 0.5) is 21.0 Å². The Morgan fingerprint density at radius 2 is 0.973 bits per heavy atom. The van der Waals surface area contributed by atoms with Crippen LogP contribution in [0, 0.1) is 13.8 Å². The molecule has 4 amide bonds. The van der Waals surface area contributed by atoms with Gasteiger partial charge in [-0.15, -0.1) is 0 Å². The van der Waals surface area contributed by atoms with Crippen molar-refractivity contribution in [2.24, 2.45) is 0 Å². The normalized spacial score (nSPS) is 11.3. The smallest absolute Gasteiger partial charge is 0.335 e. The average Bonchev–Trinajstić information content (AvgIpc) is 2.78. The minimum Gasteiger partial charge on any atom is -0.478 e. The van der Waals surface area contributed by atoms with Gasteiger partial charge >= 0.3 is 18.0 Å². The molecule has 0 heterocycles. The van der Waals surface area contributed by atoms with Crippen LogP contribution >= 0.6 is 0 Å². The third-order valence-electron chi connectivity index (χ3n) is 4.81. The van der Waals surface area contributed by atoms with Gasteiger partial charge in [0.1, 0.15) is 0 Å². The first-order valence-corrected chi connectivity index (χ1v) is 13.4. The number of anilines is 2. The Morgan fingerprint density at radius 3 is 1.30 bits per heavy atom. The molecule has 14 heteroatoms. The van der Waals surface area contributed by atoms with Crippen LogP contribution in [0.1, 0.15) is 21.5 Å². The van der Waals surface area contributed by atoms with Crippen molar-refractivity contribution in [1.29, 1.82) is 0 Å². The molecule has 0 aliphatic rings. The number of benzene rings is 3. The first-order chi connectivity index (χ1) is 17.2. The molecule has 3 aromatic carbocycles. The van der Waals surface area contributed by atoms with Crippen LogP contribution in [0.5, 0.6) is 0 Å². The number of urea groups is 2. The predicted octanol–water partition coefficient (Wildman–Crippen LogP) is 3.02. The number of hydrogen-bond acceptors (Lipinski definition) is 7. The standard InChI is InChI=1S/C23H22N4O8S2/c1-14-3-7-19(8-4-14)36(32,33)26-22(30)24-17-11-16(21(28)29)12-18(13-17)25-23(31)27-37(34,35)20-9-5-15(2)6-10-20/h3-13H,1-2H3,(H,28,29)(H2,24,26,30)(H2,25,27,31). The fourth-order valence-electron chi connectivity index (χ4n) is 3.01. The zero-order chi connectivity index (χ0) is 27.4. The van der Waals surface area contributed by atoms with E-state index in [-0.39, 0.29) is 26.7 Å². The topological polar surface area (TPSA) is 188 Å². The summed E-state index contributed by atoms with van der Waals surface area (Å²) in [4.78, 5) is 35.8. The molecule has 3 rings (SSSR count). The number of carboxylic acids is 1. The van der Waals surface area contributed by atoms with E-state index in [1.54, 1.807) is 47.6 Å². The van der Waals surface area contributed by atoms with Crippen molar-refractivity contribution in [2.45, 2.75) is 23.6 Å². The molecule has 0 fully saturated rings. The molecule has 0 unspecified atom stereocenters.